The highest BCUT2D eigenvalue weighted by Crippen LogP contribution is 2.25. The summed E-state index contributed by atoms with van der Waals surface area (Å²) in [6.07, 6.45) is 0. The summed E-state index contributed by atoms with van der Waals surface area (Å²) in [6, 6.07) is 7.04. The Morgan fingerprint density at radius 1 is 1.29 bits per heavy atom. The molecule has 1 aliphatic rings. The first-order valence-electron chi connectivity index (χ1n) is 7.03. The van der Waals surface area contributed by atoms with E-state index in [9.17, 15) is 9.59 Å². The van der Waals surface area contributed by atoms with Crippen LogP contribution in [0.2, 0.25) is 0 Å². The van der Waals surface area contributed by atoms with Crippen molar-refractivity contribution in [1.82, 2.24) is 10.2 Å². The van der Waals surface area contributed by atoms with E-state index >= 15 is 0 Å². The number of piperazine rings is 1. The average Bonchev–Trinajstić information content (AvgIpc) is 2.42. The Kier molecular flexibility index (Phi) is 4.21. The van der Waals surface area contributed by atoms with Crippen molar-refractivity contribution < 1.29 is 14.3 Å². The Hall–Kier alpha value is -2.04. The zero-order chi connectivity index (χ0) is 15.6. The van der Waals surface area contributed by atoms with E-state index in [4.69, 9.17) is 4.74 Å². The van der Waals surface area contributed by atoms with E-state index in [0.29, 0.717) is 6.54 Å². The summed E-state index contributed by atoms with van der Waals surface area (Å²) in [6.45, 7) is 6.31. The second-order valence-corrected chi connectivity index (χ2v) is 6.37. The SMILES string of the molecule is COc1ccccc1CN1CC(=O)NC(C(C)(C)C)C1=O. The van der Waals surface area contributed by atoms with Gasteiger partial charge in [0.05, 0.1) is 13.7 Å². The minimum absolute atomic E-state index is 0.0481. The molecule has 0 radical (unpaired) electrons. The lowest BCUT2D eigenvalue weighted by Gasteiger charge is -2.39. The molecule has 5 nitrogen and oxygen atoms in total. The Balaban J connectivity index is 2.22. The number of para-hydroxylation sites is 1. The highest BCUT2D eigenvalue weighted by atomic mass is 16.5. The van der Waals surface area contributed by atoms with Gasteiger partial charge in [0.15, 0.2) is 0 Å². The highest BCUT2D eigenvalue weighted by molar-refractivity contribution is 5.95. The fourth-order valence-corrected chi connectivity index (χ4v) is 2.46. The first-order valence-corrected chi connectivity index (χ1v) is 7.03. The van der Waals surface area contributed by atoms with Gasteiger partial charge in [-0.2, -0.15) is 0 Å². The lowest BCUT2D eigenvalue weighted by atomic mass is 9.84. The third-order valence-corrected chi connectivity index (χ3v) is 3.62. The van der Waals surface area contributed by atoms with Crippen molar-refractivity contribution in [2.75, 3.05) is 13.7 Å². The van der Waals surface area contributed by atoms with E-state index in [1.807, 2.05) is 45.0 Å². The zero-order valence-corrected chi connectivity index (χ0v) is 13.0. The molecule has 21 heavy (non-hydrogen) atoms. The van der Waals surface area contributed by atoms with Gasteiger partial charge in [-0.1, -0.05) is 39.0 Å². The van der Waals surface area contributed by atoms with Crippen molar-refractivity contribution in [3.63, 3.8) is 0 Å². The number of nitrogens with one attached hydrogen (secondary N) is 1. The molecule has 2 amide bonds. The summed E-state index contributed by atoms with van der Waals surface area (Å²) in [5.74, 6) is 0.556. The second-order valence-electron chi connectivity index (χ2n) is 6.37. The summed E-state index contributed by atoms with van der Waals surface area (Å²) in [4.78, 5) is 26.1. The van der Waals surface area contributed by atoms with Crippen LogP contribution in [0, 0.1) is 5.41 Å². The molecule has 0 bridgehead atoms. The lowest BCUT2D eigenvalue weighted by Crippen LogP contribution is -2.61. The minimum Gasteiger partial charge on any atom is -0.496 e. The molecule has 0 spiro atoms. The molecule has 1 fully saturated rings. The van der Waals surface area contributed by atoms with E-state index < -0.39 is 6.04 Å². The van der Waals surface area contributed by atoms with Crippen molar-refractivity contribution in [3.05, 3.63) is 29.8 Å². The number of nitrogens with zero attached hydrogens (tertiary/aromatic N) is 1. The molecule has 1 saturated heterocycles. The van der Waals surface area contributed by atoms with Gasteiger partial charge in [-0.05, 0) is 11.5 Å². The molecule has 1 atom stereocenters. The smallest absolute Gasteiger partial charge is 0.246 e. The Morgan fingerprint density at radius 2 is 1.95 bits per heavy atom. The Labute approximate surface area is 125 Å². The van der Waals surface area contributed by atoms with Gasteiger partial charge in [-0.15, -0.1) is 0 Å². The fourth-order valence-electron chi connectivity index (χ4n) is 2.46. The Morgan fingerprint density at radius 3 is 2.57 bits per heavy atom. The van der Waals surface area contributed by atoms with Crippen LogP contribution in [0.4, 0.5) is 0 Å². The molecule has 0 saturated carbocycles. The van der Waals surface area contributed by atoms with Crippen LogP contribution >= 0.6 is 0 Å². The number of benzene rings is 1. The first-order chi connectivity index (χ1) is 9.82. The summed E-state index contributed by atoms with van der Waals surface area (Å²) in [5.41, 5.74) is 0.585. The number of hydrogen-bond acceptors (Lipinski definition) is 3. The predicted molar refractivity (Wildman–Crippen MR) is 79.8 cm³/mol. The molecule has 0 aliphatic carbocycles. The lowest BCUT2D eigenvalue weighted by molar-refractivity contribution is -0.147. The van der Waals surface area contributed by atoms with Gasteiger partial charge in [-0.3, -0.25) is 9.59 Å². The standard InChI is InChI=1S/C16H22N2O3/c1-16(2,3)14-15(20)18(10-13(19)17-14)9-11-7-5-6-8-12(11)21-4/h5-8,14H,9-10H2,1-4H3,(H,17,19). The molecular formula is C16H22N2O3. The zero-order valence-electron chi connectivity index (χ0n) is 13.0. The molecule has 1 N–H and O–H groups in total. The molecule has 1 heterocycles. The number of carbonyl (C=O) groups is 2. The second kappa shape index (κ2) is 5.76. The van der Waals surface area contributed by atoms with Gasteiger partial charge in [-0.25, -0.2) is 0 Å². The molecule has 114 valence electrons. The molecule has 2 rings (SSSR count). The van der Waals surface area contributed by atoms with Gasteiger partial charge in [0.2, 0.25) is 11.8 Å². The number of hydrogen-bond donors (Lipinski definition) is 1. The molecule has 1 aromatic carbocycles. The number of methoxy groups -OCH3 is 1. The highest BCUT2D eigenvalue weighted by Gasteiger charge is 2.39. The summed E-state index contributed by atoms with van der Waals surface area (Å²) in [7, 11) is 1.60. The molecule has 1 aromatic rings. The van der Waals surface area contributed by atoms with E-state index in [0.717, 1.165) is 11.3 Å². The van der Waals surface area contributed by atoms with E-state index in [1.165, 1.54) is 0 Å². The van der Waals surface area contributed by atoms with E-state index in [2.05, 4.69) is 5.32 Å². The van der Waals surface area contributed by atoms with Crippen LogP contribution in [-0.2, 0) is 16.1 Å². The maximum atomic E-state index is 12.6. The molecular weight excluding hydrogens is 268 g/mol. The van der Waals surface area contributed by atoms with Gasteiger partial charge in [0.1, 0.15) is 11.8 Å². The van der Waals surface area contributed by atoms with Gasteiger partial charge in [0.25, 0.3) is 0 Å². The van der Waals surface area contributed by atoms with Crippen molar-refractivity contribution in [3.8, 4) is 5.75 Å². The summed E-state index contributed by atoms with van der Waals surface area (Å²) in [5, 5.41) is 2.79. The van der Waals surface area contributed by atoms with Crippen LogP contribution in [-0.4, -0.2) is 36.4 Å². The van der Waals surface area contributed by atoms with Crippen molar-refractivity contribution in [2.45, 2.75) is 33.4 Å². The first kappa shape index (κ1) is 15.4. The summed E-state index contributed by atoms with van der Waals surface area (Å²) < 4.78 is 5.30. The molecule has 1 unspecified atom stereocenters. The van der Waals surface area contributed by atoms with Crippen LogP contribution in [0.5, 0.6) is 5.75 Å². The molecule has 5 heteroatoms. The molecule has 1 aliphatic heterocycles. The quantitative estimate of drug-likeness (QED) is 0.919. The largest absolute Gasteiger partial charge is 0.496 e. The van der Waals surface area contributed by atoms with Gasteiger partial charge < -0.3 is 15.0 Å². The third kappa shape index (κ3) is 3.35. The number of carbonyl (C=O) groups excluding carboxylic acids is 2. The average molecular weight is 290 g/mol. The van der Waals surface area contributed by atoms with Gasteiger partial charge in [0, 0.05) is 12.1 Å². The van der Waals surface area contributed by atoms with Gasteiger partial charge >= 0.3 is 0 Å². The van der Waals surface area contributed by atoms with Crippen LogP contribution in [0.15, 0.2) is 24.3 Å². The van der Waals surface area contributed by atoms with Crippen LogP contribution in [0.1, 0.15) is 26.3 Å². The monoisotopic (exact) mass is 290 g/mol. The van der Waals surface area contributed by atoms with E-state index in [1.54, 1.807) is 12.0 Å². The topological polar surface area (TPSA) is 58.6 Å². The number of rotatable bonds is 3. The minimum atomic E-state index is -0.492. The molecule has 0 aromatic heterocycles. The van der Waals surface area contributed by atoms with Crippen molar-refractivity contribution in [1.29, 1.82) is 0 Å². The summed E-state index contributed by atoms with van der Waals surface area (Å²) >= 11 is 0. The Bertz CT molecular complexity index is 549. The predicted octanol–water partition coefficient (Wildman–Crippen LogP) is 1.57. The van der Waals surface area contributed by atoms with Crippen LogP contribution in [0.3, 0.4) is 0 Å². The maximum absolute atomic E-state index is 12.6. The number of ether oxygens (including phenoxy) is 1. The van der Waals surface area contributed by atoms with Crippen LogP contribution < -0.4 is 10.1 Å². The normalized spacial score (nSPS) is 19.4. The van der Waals surface area contributed by atoms with E-state index in [-0.39, 0.29) is 23.8 Å². The maximum Gasteiger partial charge on any atom is 0.246 e. The van der Waals surface area contributed by atoms with Crippen LogP contribution in [0.25, 0.3) is 0 Å². The fraction of sp³-hybridized carbons (Fsp3) is 0.500. The third-order valence-electron chi connectivity index (χ3n) is 3.62. The number of amides is 2. The van der Waals surface area contributed by atoms with Crippen molar-refractivity contribution >= 4 is 11.8 Å². The van der Waals surface area contributed by atoms with Crippen molar-refractivity contribution in [2.24, 2.45) is 5.41 Å².